The van der Waals surface area contributed by atoms with E-state index in [1.54, 1.807) is 47.4 Å². The molecule has 1 saturated carbocycles. The second-order valence-corrected chi connectivity index (χ2v) is 10.4. The standard InChI is InChI=1S/C25H30N2O6S/c1-32-25(29)23-17-27(21-9-5-6-10-22(21)33-23)24(28)16-13-18-11-14-20(15-12-18)34(30,31)26-19-7-3-2-4-8-19/h5-6,9-12,14-15,19,23,26H,2-4,7-8,13,16-17H2,1H3. The van der Waals surface area contributed by atoms with Crippen molar-refractivity contribution in [3.63, 3.8) is 0 Å². The molecule has 1 unspecified atom stereocenters. The minimum absolute atomic E-state index is 0.00117. The Morgan fingerprint density at radius 3 is 2.47 bits per heavy atom. The second kappa shape index (κ2) is 10.6. The van der Waals surface area contributed by atoms with Gasteiger partial charge in [-0.3, -0.25) is 4.79 Å². The first kappa shape index (κ1) is 24.2. The van der Waals surface area contributed by atoms with Crippen LogP contribution >= 0.6 is 0 Å². The van der Waals surface area contributed by atoms with E-state index < -0.39 is 22.1 Å². The maximum atomic E-state index is 13.1. The number of carbonyl (C=O) groups is 2. The molecule has 2 aliphatic rings. The van der Waals surface area contributed by atoms with Gasteiger partial charge in [0, 0.05) is 12.5 Å². The van der Waals surface area contributed by atoms with Crippen molar-refractivity contribution in [2.75, 3.05) is 18.6 Å². The Bertz CT molecular complexity index is 1130. The summed E-state index contributed by atoms with van der Waals surface area (Å²) >= 11 is 0. The number of sulfonamides is 1. The zero-order chi connectivity index (χ0) is 24.1. The number of aryl methyl sites for hydroxylation is 1. The molecule has 1 fully saturated rings. The summed E-state index contributed by atoms with van der Waals surface area (Å²) in [6.45, 7) is 0.0759. The van der Waals surface area contributed by atoms with Crippen LogP contribution in [0.2, 0.25) is 0 Å². The number of carbonyl (C=O) groups excluding carboxylic acids is 2. The van der Waals surface area contributed by atoms with Gasteiger partial charge >= 0.3 is 5.97 Å². The van der Waals surface area contributed by atoms with Crippen molar-refractivity contribution in [3.8, 4) is 5.75 Å². The predicted octanol–water partition coefficient (Wildman–Crippen LogP) is 3.20. The van der Waals surface area contributed by atoms with Gasteiger partial charge in [0.25, 0.3) is 0 Å². The molecule has 1 aliphatic heterocycles. The average Bonchev–Trinajstić information content (AvgIpc) is 2.86. The van der Waals surface area contributed by atoms with Gasteiger partial charge in [-0.25, -0.2) is 17.9 Å². The fraction of sp³-hybridized carbons (Fsp3) is 0.440. The highest BCUT2D eigenvalue weighted by molar-refractivity contribution is 7.89. The third-order valence-corrected chi connectivity index (χ3v) is 7.86. The van der Waals surface area contributed by atoms with Gasteiger partial charge in [-0.15, -0.1) is 0 Å². The fourth-order valence-electron chi connectivity index (χ4n) is 4.45. The summed E-state index contributed by atoms with van der Waals surface area (Å²) < 4.78 is 38.7. The lowest BCUT2D eigenvalue weighted by atomic mass is 9.96. The number of para-hydroxylation sites is 2. The van der Waals surface area contributed by atoms with E-state index in [4.69, 9.17) is 9.47 Å². The van der Waals surface area contributed by atoms with Gasteiger partial charge in [0.1, 0.15) is 5.75 Å². The first-order chi connectivity index (χ1) is 16.4. The van der Waals surface area contributed by atoms with Crippen molar-refractivity contribution < 1.29 is 27.5 Å². The highest BCUT2D eigenvalue weighted by atomic mass is 32.2. The number of amides is 1. The number of fused-ring (bicyclic) bond motifs is 1. The Morgan fingerprint density at radius 2 is 1.76 bits per heavy atom. The van der Waals surface area contributed by atoms with Gasteiger partial charge in [0.05, 0.1) is 24.2 Å². The van der Waals surface area contributed by atoms with E-state index >= 15 is 0 Å². The number of nitrogens with one attached hydrogen (secondary N) is 1. The molecule has 2 aromatic rings. The third kappa shape index (κ3) is 5.59. The zero-order valence-corrected chi connectivity index (χ0v) is 20.1. The first-order valence-electron chi connectivity index (χ1n) is 11.6. The Hall–Kier alpha value is -2.91. The number of nitrogens with zero attached hydrogens (tertiary/aromatic N) is 1. The summed E-state index contributed by atoms with van der Waals surface area (Å²) in [5, 5.41) is 0. The molecule has 0 spiro atoms. The van der Waals surface area contributed by atoms with Crippen molar-refractivity contribution in [1.29, 1.82) is 0 Å². The van der Waals surface area contributed by atoms with Crippen molar-refractivity contribution in [2.24, 2.45) is 0 Å². The van der Waals surface area contributed by atoms with E-state index in [-0.39, 0.29) is 29.8 Å². The molecule has 1 amide bonds. The summed E-state index contributed by atoms with van der Waals surface area (Å²) in [5.74, 6) is -0.233. The molecule has 9 heteroatoms. The fourth-order valence-corrected chi connectivity index (χ4v) is 5.76. The van der Waals surface area contributed by atoms with Gasteiger partial charge < -0.3 is 14.4 Å². The van der Waals surface area contributed by atoms with E-state index in [0.717, 1.165) is 37.7 Å². The van der Waals surface area contributed by atoms with Crippen LogP contribution in [-0.4, -0.2) is 46.1 Å². The molecule has 0 radical (unpaired) electrons. The largest absolute Gasteiger partial charge is 0.475 e. The van der Waals surface area contributed by atoms with Crippen molar-refractivity contribution in [3.05, 3.63) is 54.1 Å². The lowest BCUT2D eigenvalue weighted by molar-refractivity contribution is -0.148. The van der Waals surface area contributed by atoms with E-state index in [1.807, 2.05) is 6.07 Å². The first-order valence-corrected chi connectivity index (χ1v) is 13.1. The average molecular weight is 487 g/mol. The summed E-state index contributed by atoms with van der Waals surface area (Å²) in [4.78, 5) is 26.9. The predicted molar refractivity (Wildman–Crippen MR) is 127 cm³/mol. The molecule has 34 heavy (non-hydrogen) atoms. The normalized spacial score (nSPS) is 18.6. The number of rotatable bonds is 7. The molecule has 1 atom stereocenters. The third-order valence-electron chi connectivity index (χ3n) is 6.33. The smallest absolute Gasteiger partial charge is 0.348 e. The molecule has 1 aliphatic carbocycles. The van der Waals surface area contributed by atoms with Crippen LogP contribution in [0.1, 0.15) is 44.1 Å². The highest BCUT2D eigenvalue weighted by Crippen LogP contribution is 2.34. The van der Waals surface area contributed by atoms with Crippen molar-refractivity contribution >= 4 is 27.6 Å². The summed E-state index contributed by atoms with van der Waals surface area (Å²) in [6.07, 6.45) is 4.77. The number of methoxy groups -OCH3 is 1. The van der Waals surface area contributed by atoms with Crippen LogP contribution in [-0.2, 0) is 30.8 Å². The minimum atomic E-state index is -3.56. The van der Waals surface area contributed by atoms with Gasteiger partial charge in [0.15, 0.2) is 0 Å². The zero-order valence-electron chi connectivity index (χ0n) is 19.2. The molecule has 4 rings (SSSR count). The van der Waals surface area contributed by atoms with Crippen LogP contribution in [0, 0.1) is 0 Å². The maximum absolute atomic E-state index is 13.1. The van der Waals surface area contributed by atoms with Gasteiger partial charge in [0.2, 0.25) is 22.0 Å². The molecular weight excluding hydrogens is 456 g/mol. The molecule has 0 aromatic heterocycles. The van der Waals surface area contributed by atoms with Crippen LogP contribution in [0.4, 0.5) is 5.69 Å². The van der Waals surface area contributed by atoms with Crippen molar-refractivity contribution in [1.82, 2.24) is 4.72 Å². The number of hydrogen-bond donors (Lipinski definition) is 1. The highest BCUT2D eigenvalue weighted by Gasteiger charge is 2.34. The van der Waals surface area contributed by atoms with Crippen molar-refractivity contribution in [2.45, 2.75) is 62.0 Å². The summed E-state index contributed by atoms with van der Waals surface area (Å²) in [7, 11) is -2.27. The van der Waals surface area contributed by atoms with Crippen LogP contribution < -0.4 is 14.4 Å². The molecule has 0 saturated heterocycles. The quantitative estimate of drug-likeness (QED) is 0.603. The number of hydrogen-bond acceptors (Lipinski definition) is 6. The van der Waals surface area contributed by atoms with Gasteiger partial charge in [-0.2, -0.15) is 0 Å². The lowest BCUT2D eigenvalue weighted by Gasteiger charge is -2.33. The van der Waals surface area contributed by atoms with Crippen LogP contribution in [0.15, 0.2) is 53.4 Å². The molecular formula is C25H30N2O6S. The molecule has 2 aromatic carbocycles. The second-order valence-electron chi connectivity index (χ2n) is 8.70. The van der Waals surface area contributed by atoms with Crippen LogP contribution in [0.25, 0.3) is 0 Å². The van der Waals surface area contributed by atoms with E-state index in [2.05, 4.69) is 4.72 Å². The number of anilines is 1. The Balaban J connectivity index is 1.39. The van der Waals surface area contributed by atoms with Gasteiger partial charge in [-0.1, -0.05) is 43.5 Å². The van der Waals surface area contributed by atoms with Crippen LogP contribution in [0.3, 0.4) is 0 Å². The summed E-state index contributed by atoms with van der Waals surface area (Å²) in [5.41, 5.74) is 1.47. The number of esters is 1. The molecule has 1 N–H and O–H groups in total. The topological polar surface area (TPSA) is 102 Å². The minimum Gasteiger partial charge on any atom is -0.475 e. The van der Waals surface area contributed by atoms with Gasteiger partial charge in [-0.05, 0) is 49.1 Å². The molecule has 182 valence electrons. The Kier molecular flexibility index (Phi) is 7.53. The number of ether oxygens (including phenoxy) is 2. The SMILES string of the molecule is COC(=O)C1CN(C(=O)CCc2ccc(S(=O)(=O)NC3CCCCC3)cc2)c2ccccc2O1. The van der Waals surface area contributed by atoms with E-state index in [9.17, 15) is 18.0 Å². The maximum Gasteiger partial charge on any atom is 0.348 e. The summed E-state index contributed by atoms with van der Waals surface area (Å²) in [6, 6.07) is 13.7. The Labute approximate surface area is 200 Å². The monoisotopic (exact) mass is 486 g/mol. The van der Waals surface area contributed by atoms with E-state index in [1.165, 1.54) is 7.11 Å². The Morgan fingerprint density at radius 1 is 1.06 bits per heavy atom. The lowest BCUT2D eigenvalue weighted by Crippen LogP contribution is -2.47. The number of benzene rings is 2. The van der Waals surface area contributed by atoms with Crippen LogP contribution in [0.5, 0.6) is 5.75 Å². The molecule has 8 nitrogen and oxygen atoms in total. The van der Waals surface area contributed by atoms with E-state index in [0.29, 0.717) is 17.9 Å². The molecule has 0 bridgehead atoms. The molecule has 1 heterocycles.